The molecule has 0 spiro atoms. The van der Waals surface area contributed by atoms with Crippen LogP contribution >= 0.6 is 0 Å². The van der Waals surface area contributed by atoms with Gasteiger partial charge in [0, 0.05) is 0 Å². The first-order valence-corrected chi connectivity index (χ1v) is 8.29. The number of rotatable bonds is 7. The Morgan fingerprint density at radius 1 is 1.21 bits per heavy atom. The molecule has 8 heteroatoms. The fourth-order valence-electron chi connectivity index (χ4n) is 2.56. The summed E-state index contributed by atoms with van der Waals surface area (Å²) in [5.41, 5.74) is 0.347. The molecule has 0 aliphatic heterocycles. The molecule has 0 saturated carbocycles. The Kier molecular flexibility index (Phi) is 6.71. The summed E-state index contributed by atoms with van der Waals surface area (Å²) in [5, 5.41) is 23.5. The Hall–Kier alpha value is -3.86. The minimum absolute atomic E-state index is 0.0571. The van der Waals surface area contributed by atoms with E-state index < -0.39 is 10.8 Å². The fourth-order valence-corrected chi connectivity index (χ4v) is 2.56. The van der Waals surface area contributed by atoms with Crippen LogP contribution in [0.4, 0.5) is 5.69 Å². The molecular weight excluding hydrogens is 362 g/mol. The van der Waals surface area contributed by atoms with Crippen molar-refractivity contribution in [1.82, 2.24) is 5.32 Å². The SMILES string of the molecule is COc1cc(/C=C(\C#N)C(=O)N[C@H](C)c2ccccc2)c([N+](=O)[O-])cc1OC. The van der Waals surface area contributed by atoms with Gasteiger partial charge in [0.05, 0.1) is 36.8 Å². The molecule has 1 amide bonds. The number of nitrogens with zero attached hydrogens (tertiary/aromatic N) is 2. The molecule has 0 unspecified atom stereocenters. The standard InChI is InChI=1S/C20H19N3O5/c1-13(14-7-5-4-6-8-14)22-20(24)16(12-21)9-15-10-18(27-2)19(28-3)11-17(15)23(25)26/h4-11,13H,1-3H3,(H,22,24)/b16-9+/t13-/m1/s1. The molecule has 0 aliphatic carbocycles. The summed E-state index contributed by atoms with van der Waals surface area (Å²) in [7, 11) is 2.74. The number of methoxy groups -OCH3 is 2. The minimum Gasteiger partial charge on any atom is -0.493 e. The fraction of sp³-hybridized carbons (Fsp3) is 0.200. The van der Waals surface area contributed by atoms with Gasteiger partial charge in [-0.05, 0) is 24.6 Å². The van der Waals surface area contributed by atoms with Gasteiger partial charge in [-0.2, -0.15) is 5.26 Å². The van der Waals surface area contributed by atoms with Crippen molar-refractivity contribution >= 4 is 17.7 Å². The molecule has 28 heavy (non-hydrogen) atoms. The van der Waals surface area contributed by atoms with Gasteiger partial charge in [0.15, 0.2) is 11.5 Å². The summed E-state index contributed by atoms with van der Waals surface area (Å²) in [4.78, 5) is 23.3. The lowest BCUT2D eigenvalue weighted by Crippen LogP contribution is -2.27. The lowest BCUT2D eigenvalue weighted by atomic mass is 10.1. The van der Waals surface area contributed by atoms with Gasteiger partial charge >= 0.3 is 0 Å². The number of nitrogens with one attached hydrogen (secondary N) is 1. The van der Waals surface area contributed by atoms with Crippen molar-refractivity contribution in [3.63, 3.8) is 0 Å². The maximum Gasteiger partial charge on any atom is 0.280 e. The van der Waals surface area contributed by atoms with Crippen LogP contribution in [0, 0.1) is 21.4 Å². The average molecular weight is 381 g/mol. The number of nitriles is 1. The van der Waals surface area contributed by atoms with Crippen LogP contribution < -0.4 is 14.8 Å². The van der Waals surface area contributed by atoms with E-state index in [0.717, 1.165) is 11.6 Å². The lowest BCUT2D eigenvalue weighted by molar-refractivity contribution is -0.385. The average Bonchev–Trinajstić information content (AvgIpc) is 2.71. The third-order valence-electron chi connectivity index (χ3n) is 4.04. The molecule has 2 aromatic carbocycles. The van der Waals surface area contributed by atoms with Gasteiger partial charge in [-0.15, -0.1) is 0 Å². The Balaban J connectivity index is 2.39. The van der Waals surface area contributed by atoms with Crippen molar-refractivity contribution in [3.8, 4) is 17.6 Å². The molecule has 0 aliphatic rings. The number of carbonyl (C=O) groups excluding carboxylic acids is 1. The number of hydrogen-bond acceptors (Lipinski definition) is 6. The number of carbonyl (C=O) groups is 1. The minimum atomic E-state index is -0.636. The molecule has 1 atom stereocenters. The van der Waals surface area contributed by atoms with Gasteiger partial charge in [-0.25, -0.2) is 0 Å². The van der Waals surface area contributed by atoms with E-state index in [1.807, 2.05) is 30.3 Å². The zero-order chi connectivity index (χ0) is 20.7. The highest BCUT2D eigenvalue weighted by Crippen LogP contribution is 2.35. The molecule has 0 aromatic heterocycles. The van der Waals surface area contributed by atoms with Crippen LogP contribution in [0.5, 0.6) is 11.5 Å². The third-order valence-corrected chi connectivity index (χ3v) is 4.04. The Labute approximate surface area is 162 Å². The molecule has 8 nitrogen and oxygen atoms in total. The second-order valence-corrected chi connectivity index (χ2v) is 5.80. The van der Waals surface area contributed by atoms with Crippen LogP contribution in [-0.4, -0.2) is 25.1 Å². The van der Waals surface area contributed by atoms with Crippen LogP contribution in [0.15, 0.2) is 48.0 Å². The Morgan fingerprint density at radius 2 is 1.82 bits per heavy atom. The van der Waals surface area contributed by atoms with Crippen molar-refractivity contribution in [1.29, 1.82) is 5.26 Å². The molecule has 0 saturated heterocycles. The number of amides is 1. The van der Waals surface area contributed by atoms with Crippen LogP contribution in [0.3, 0.4) is 0 Å². The zero-order valence-electron chi connectivity index (χ0n) is 15.6. The second-order valence-electron chi connectivity index (χ2n) is 5.80. The topological polar surface area (TPSA) is 114 Å². The van der Waals surface area contributed by atoms with E-state index in [1.165, 1.54) is 26.4 Å². The number of ether oxygens (including phenoxy) is 2. The van der Waals surface area contributed by atoms with Crippen LogP contribution in [0.2, 0.25) is 0 Å². The highest BCUT2D eigenvalue weighted by atomic mass is 16.6. The molecule has 0 radical (unpaired) electrons. The largest absolute Gasteiger partial charge is 0.493 e. The van der Waals surface area contributed by atoms with Crippen molar-refractivity contribution in [2.75, 3.05) is 14.2 Å². The Bertz CT molecular complexity index is 948. The van der Waals surface area contributed by atoms with Gasteiger partial charge in [-0.1, -0.05) is 30.3 Å². The summed E-state index contributed by atoms with van der Waals surface area (Å²) in [6.45, 7) is 1.78. The van der Waals surface area contributed by atoms with Crippen molar-refractivity contribution in [3.05, 3.63) is 69.3 Å². The molecule has 0 heterocycles. The van der Waals surface area contributed by atoms with E-state index >= 15 is 0 Å². The number of nitro groups is 1. The summed E-state index contributed by atoms with van der Waals surface area (Å²) in [6.07, 6.45) is 1.16. The first-order chi connectivity index (χ1) is 13.4. The molecule has 0 bridgehead atoms. The van der Waals surface area contributed by atoms with Gasteiger partial charge in [0.25, 0.3) is 11.6 Å². The van der Waals surface area contributed by atoms with E-state index in [0.29, 0.717) is 0 Å². The van der Waals surface area contributed by atoms with Crippen molar-refractivity contribution in [2.45, 2.75) is 13.0 Å². The monoisotopic (exact) mass is 381 g/mol. The summed E-state index contributed by atoms with van der Waals surface area (Å²) in [5.74, 6) is -0.218. The quantitative estimate of drug-likeness (QED) is 0.340. The number of nitro benzene ring substituents is 1. The summed E-state index contributed by atoms with van der Waals surface area (Å²) < 4.78 is 10.2. The zero-order valence-corrected chi connectivity index (χ0v) is 15.6. The molecule has 0 fully saturated rings. The van der Waals surface area contributed by atoms with Crippen LogP contribution in [-0.2, 0) is 4.79 Å². The van der Waals surface area contributed by atoms with E-state index in [-0.39, 0.29) is 34.4 Å². The van der Waals surface area contributed by atoms with Crippen molar-refractivity contribution in [2.24, 2.45) is 0 Å². The molecule has 2 rings (SSSR count). The third kappa shape index (κ3) is 4.65. The molecule has 144 valence electrons. The second kappa shape index (κ2) is 9.19. The maximum absolute atomic E-state index is 12.5. The number of benzene rings is 2. The van der Waals surface area contributed by atoms with Crippen LogP contribution in [0.1, 0.15) is 24.1 Å². The Morgan fingerprint density at radius 3 is 2.36 bits per heavy atom. The van der Waals surface area contributed by atoms with Gasteiger partial charge in [0.1, 0.15) is 11.6 Å². The first-order valence-electron chi connectivity index (χ1n) is 8.29. The summed E-state index contributed by atoms with van der Waals surface area (Å²) in [6, 6.07) is 13.2. The van der Waals surface area contributed by atoms with Gasteiger partial charge in [-0.3, -0.25) is 14.9 Å². The van der Waals surface area contributed by atoms with Crippen molar-refractivity contribution < 1.29 is 19.2 Å². The highest BCUT2D eigenvalue weighted by Gasteiger charge is 2.21. The highest BCUT2D eigenvalue weighted by molar-refractivity contribution is 6.02. The maximum atomic E-state index is 12.5. The molecule has 1 N–H and O–H groups in total. The van der Waals surface area contributed by atoms with Gasteiger partial charge < -0.3 is 14.8 Å². The predicted octanol–water partition coefficient (Wildman–Crippen LogP) is 3.40. The van der Waals surface area contributed by atoms with E-state index in [1.54, 1.807) is 13.0 Å². The normalized spacial score (nSPS) is 11.9. The van der Waals surface area contributed by atoms with E-state index in [9.17, 15) is 20.2 Å². The summed E-state index contributed by atoms with van der Waals surface area (Å²) >= 11 is 0. The smallest absolute Gasteiger partial charge is 0.280 e. The number of hydrogen-bond donors (Lipinski definition) is 1. The first kappa shape index (κ1) is 20.5. The van der Waals surface area contributed by atoms with E-state index in [2.05, 4.69) is 5.32 Å². The predicted molar refractivity (Wildman–Crippen MR) is 103 cm³/mol. The lowest BCUT2D eigenvalue weighted by Gasteiger charge is -2.14. The molecular formula is C20H19N3O5. The van der Waals surface area contributed by atoms with Crippen LogP contribution in [0.25, 0.3) is 6.08 Å². The molecule has 2 aromatic rings. The van der Waals surface area contributed by atoms with E-state index in [4.69, 9.17) is 9.47 Å². The van der Waals surface area contributed by atoms with Gasteiger partial charge in [0.2, 0.25) is 0 Å².